The summed E-state index contributed by atoms with van der Waals surface area (Å²) in [5, 5.41) is 8.59. The molecule has 1 unspecified atom stereocenters. The summed E-state index contributed by atoms with van der Waals surface area (Å²) in [6.07, 6.45) is 2.48. The first-order chi connectivity index (χ1) is 15.2. The van der Waals surface area contributed by atoms with Crippen LogP contribution in [0.1, 0.15) is 35.0 Å². The van der Waals surface area contributed by atoms with Crippen molar-refractivity contribution in [2.45, 2.75) is 25.3 Å². The van der Waals surface area contributed by atoms with Crippen LogP contribution in [-0.2, 0) is 16.8 Å². The monoisotopic (exact) mass is 439 g/mol. The molecule has 1 aliphatic rings. The molecule has 0 saturated carbocycles. The molecule has 0 bridgehead atoms. The first-order valence-corrected chi connectivity index (χ1v) is 9.69. The number of aliphatic imine (C=N–C) groups is 1. The first-order valence-electron chi connectivity index (χ1n) is 9.69. The number of nitrogens with two attached hydrogens (primary N) is 1. The lowest BCUT2D eigenvalue weighted by Gasteiger charge is -2.34. The average Bonchev–Trinajstić information content (AvgIpc) is 2.76. The van der Waals surface area contributed by atoms with Crippen LogP contribution in [0.15, 0.2) is 35.6 Å². The van der Waals surface area contributed by atoms with Crippen LogP contribution < -0.4 is 10.5 Å². The molecule has 1 atom stereocenters. The smallest absolute Gasteiger partial charge is 0.233 e. The van der Waals surface area contributed by atoms with Gasteiger partial charge in [-0.25, -0.2) is 19.4 Å². The lowest BCUT2D eigenvalue weighted by molar-refractivity contribution is -0.128. The van der Waals surface area contributed by atoms with E-state index in [0.29, 0.717) is 5.56 Å². The molecule has 166 valence electrons. The minimum absolute atomic E-state index is 0.00422. The van der Waals surface area contributed by atoms with Crippen LogP contribution >= 0.6 is 0 Å². The van der Waals surface area contributed by atoms with Gasteiger partial charge in [0.05, 0.1) is 24.4 Å². The number of ketones is 1. The van der Waals surface area contributed by atoms with Crippen molar-refractivity contribution in [2.75, 3.05) is 20.3 Å². The molecular weight excluding hydrogens is 417 g/mol. The van der Waals surface area contributed by atoms with Gasteiger partial charge in [-0.1, -0.05) is 17.9 Å². The summed E-state index contributed by atoms with van der Waals surface area (Å²) in [5.41, 5.74) is 5.49. The zero-order chi connectivity index (χ0) is 23.3. The molecule has 32 heavy (non-hydrogen) atoms. The van der Waals surface area contributed by atoms with Crippen LogP contribution in [-0.4, -0.2) is 57.9 Å². The molecule has 2 aromatic rings. The van der Waals surface area contributed by atoms with Crippen LogP contribution in [0, 0.1) is 17.7 Å². The highest BCUT2D eigenvalue weighted by Crippen LogP contribution is 2.35. The van der Waals surface area contributed by atoms with Crippen LogP contribution in [0.25, 0.3) is 0 Å². The van der Waals surface area contributed by atoms with Gasteiger partial charge in [0.2, 0.25) is 11.8 Å². The molecule has 1 aromatic heterocycles. The quantitative estimate of drug-likeness (QED) is 0.503. The highest BCUT2D eigenvalue weighted by Gasteiger charge is 2.38. The number of nitrogens with zero attached hydrogens (tertiary/aromatic N) is 4. The van der Waals surface area contributed by atoms with Gasteiger partial charge in [0.1, 0.15) is 18.1 Å². The first kappa shape index (κ1) is 22.8. The largest absolute Gasteiger partial charge is 0.463 e. The molecule has 0 aliphatic carbocycles. The maximum Gasteiger partial charge on any atom is 0.233 e. The van der Waals surface area contributed by atoms with E-state index < -0.39 is 11.4 Å². The Morgan fingerprint density at radius 1 is 1.34 bits per heavy atom. The van der Waals surface area contributed by atoms with Crippen molar-refractivity contribution in [1.82, 2.24) is 14.9 Å². The number of hydrogen-bond donors (Lipinski definition) is 2. The number of guanidine groups is 1. The van der Waals surface area contributed by atoms with Gasteiger partial charge in [-0.3, -0.25) is 14.5 Å². The van der Waals surface area contributed by atoms with Crippen molar-refractivity contribution < 1.29 is 23.8 Å². The molecule has 1 amide bonds. The topological polar surface area (TPSA) is 131 Å². The van der Waals surface area contributed by atoms with E-state index in [2.05, 4.69) is 26.8 Å². The van der Waals surface area contributed by atoms with Gasteiger partial charge >= 0.3 is 0 Å². The standard InChI is InChI=1S/C22H22FN5O4/c1-22(11-20(31)28(2)21(24)27-22)15-9-14(5-6-16(15)23)10-18(30)17-12-26-19(13-25-17)32-8-4-3-7-29/h5-6,9,12-13,29H,7-8,10-11H2,1-2H3,(H2,24,27). The number of rotatable bonds is 6. The molecular formula is C22H22FN5O4. The van der Waals surface area contributed by atoms with Gasteiger partial charge in [0.15, 0.2) is 18.3 Å². The number of benzene rings is 1. The van der Waals surface area contributed by atoms with E-state index >= 15 is 0 Å². The van der Waals surface area contributed by atoms with Gasteiger partial charge in [-0.2, -0.15) is 0 Å². The molecule has 0 saturated heterocycles. The van der Waals surface area contributed by atoms with Crippen molar-refractivity contribution in [2.24, 2.45) is 10.7 Å². The predicted octanol–water partition coefficient (Wildman–Crippen LogP) is 0.808. The SMILES string of the molecule is CN1C(=O)CC(C)(c2cc(CC(=O)c3cnc(OCC#CCO)cn3)ccc2F)N=C1N. The summed E-state index contributed by atoms with van der Waals surface area (Å²) in [7, 11) is 1.51. The van der Waals surface area contributed by atoms with E-state index in [4.69, 9.17) is 15.6 Å². The number of amides is 1. The van der Waals surface area contributed by atoms with Gasteiger partial charge in [-0.15, -0.1) is 0 Å². The molecule has 10 heteroatoms. The summed E-state index contributed by atoms with van der Waals surface area (Å²) in [6, 6.07) is 4.26. The Morgan fingerprint density at radius 2 is 2.12 bits per heavy atom. The third kappa shape index (κ3) is 5.07. The molecule has 1 aromatic carbocycles. The number of aliphatic hydroxyl groups is 1. The molecule has 0 spiro atoms. The van der Waals surface area contributed by atoms with E-state index in [9.17, 15) is 14.0 Å². The average molecular weight is 439 g/mol. The van der Waals surface area contributed by atoms with Gasteiger partial charge < -0.3 is 15.6 Å². The fourth-order valence-electron chi connectivity index (χ4n) is 3.19. The minimum atomic E-state index is -1.17. The van der Waals surface area contributed by atoms with Crippen LogP contribution in [0.3, 0.4) is 0 Å². The zero-order valence-electron chi connectivity index (χ0n) is 17.6. The molecule has 3 rings (SSSR count). The summed E-state index contributed by atoms with van der Waals surface area (Å²) in [4.78, 5) is 38.4. The van der Waals surface area contributed by atoms with Crippen LogP contribution in [0.2, 0.25) is 0 Å². The summed E-state index contributed by atoms with van der Waals surface area (Å²) < 4.78 is 19.9. The molecule has 0 fully saturated rings. The molecule has 1 aliphatic heterocycles. The van der Waals surface area contributed by atoms with Gasteiger partial charge in [0.25, 0.3) is 0 Å². The Kier molecular flexibility index (Phi) is 6.80. The Morgan fingerprint density at radius 3 is 2.78 bits per heavy atom. The highest BCUT2D eigenvalue weighted by atomic mass is 19.1. The minimum Gasteiger partial charge on any atom is -0.463 e. The van der Waals surface area contributed by atoms with E-state index in [1.165, 1.54) is 42.5 Å². The number of halogens is 1. The van der Waals surface area contributed by atoms with Crippen LogP contribution in [0.5, 0.6) is 5.88 Å². The Balaban J connectivity index is 1.76. The summed E-state index contributed by atoms with van der Waals surface area (Å²) in [6.45, 7) is 1.40. The summed E-state index contributed by atoms with van der Waals surface area (Å²) in [5.74, 6) is 4.06. The number of carbonyl (C=O) groups excluding carboxylic acids is 2. The Bertz CT molecular complexity index is 1120. The van der Waals surface area contributed by atoms with E-state index in [1.54, 1.807) is 6.92 Å². The third-order valence-electron chi connectivity index (χ3n) is 4.96. The number of hydrogen-bond acceptors (Lipinski definition) is 8. The highest BCUT2D eigenvalue weighted by molar-refractivity contribution is 5.99. The molecule has 0 radical (unpaired) electrons. The molecule has 9 nitrogen and oxygen atoms in total. The Labute approximate surface area is 184 Å². The Hall–Kier alpha value is -3.84. The van der Waals surface area contributed by atoms with E-state index in [1.807, 2.05) is 0 Å². The fraction of sp³-hybridized carbons (Fsp3) is 0.318. The summed E-state index contributed by atoms with van der Waals surface area (Å²) >= 11 is 0. The number of carbonyl (C=O) groups is 2. The van der Waals surface area contributed by atoms with Crippen molar-refractivity contribution in [1.29, 1.82) is 0 Å². The number of ether oxygens (including phenoxy) is 1. The second-order valence-electron chi connectivity index (χ2n) is 7.33. The van der Waals surface area contributed by atoms with E-state index in [0.717, 1.165) is 0 Å². The zero-order valence-corrected chi connectivity index (χ0v) is 17.6. The maximum atomic E-state index is 14.6. The second-order valence-corrected chi connectivity index (χ2v) is 7.33. The number of aliphatic hydroxyl groups excluding tert-OH is 1. The van der Waals surface area contributed by atoms with Gasteiger partial charge in [0, 0.05) is 19.0 Å². The van der Waals surface area contributed by atoms with Crippen LogP contribution in [0.4, 0.5) is 4.39 Å². The van der Waals surface area contributed by atoms with Crippen molar-refractivity contribution in [3.63, 3.8) is 0 Å². The predicted molar refractivity (Wildman–Crippen MR) is 113 cm³/mol. The van der Waals surface area contributed by atoms with Gasteiger partial charge in [-0.05, 0) is 24.6 Å². The number of Topliss-reactive ketones (excluding diaryl/α,β-unsaturated/α-hetero) is 1. The van der Waals surface area contributed by atoms with Crippen molar-refractivity contribution >= 4 is 17.6 Å². The lowest BCUT2D eigenvalue weighted by Crippen LogP contribution is -2.47. The van der Waals surface area contributed by atoms with Crippen molar-refractivity contribution in [3.05, 3.63) is 53.2 Å². The molecule has 2 heterocycles. The fourth-order valence-corrected chi connectivity index (χ4v) is 3.19. The lowest BCUT2D eigenvalue weighted by atomic mass is 9.85. The van der Waals surface area contributed by atoms with Crippen molar-refractivity contribution in [3.8, 4) is 17.7 Å². The number of aromatic nitrogens is 2. The maximum absolute atomic E-state index is 14.6. The molecule has 3 N–H and O–H groups in total. The van der Waals surface area contributed by atoms with E-state index in [-0.39, 0.29) is 60.8 Å². The second kappa shape index (κ2) is 9.53. The third-order valence-corrected chi connectivity index (χ3v) is 4.96. The normalized spacial score (nSPS) is 17.9.